The van der Waals surface area contributed by atoms with Crippen molar-refractivity contribution in [3.8, 4) is 0 Å². The number of benzene rings is 1. The molecule has 0 atom stereocenters. The molecule has 0 unspecified atom stereocenters. The Labute approximate surface area is 130 Å². The minimum Gasteiger partial charge on any atom is -0.385 e. The van der Waals surface area contributed by atoms with Crippen LogP contribution in [0.5, 0.6) is 0 Å². The zero-order valence-electron chi connectivity index (χ0n) is 13.2. The summed E-state index contributed by atoms with van der Waals surface area (Å²) in [5.41, 5.74) is 1.15. The van der Waals surface area contributed by atoms with E-state index >= 15 is 0 Å². The van der Waals surface area contributed by atoms with Crippen molar-refractivity contribution >= 4 is 23.3 Å². The average Bonchev–Trinajstić information content (AvgIpc) is 2.49. The van der Waals surface area contributed by atoms with Crippen LogP contribution in [0, 0.1) is 0 Å². The Morgan fingerprint density at radius 2 is 1.77 bits per heavy atom. The van der Waals surface area contributed by atoms with Gasteiger partial charge in [0, 0.05) is 38.4 Å². The minimum absolute atomic E-state index is 0.0446. The molecule has 6 nitrogen and oxygen atoms in total. The molecule has 0 spiro atoms. The molecule has 0 bridgehead atoms. The molecule has 1 aromatic carbocycles. The largest absolute Gasteiger partial charge is 0.385 e. The molecule has 0 heterocycles. The SMILES string of the molecule is COCCCNC(=O)CN(C(C)=O)c1ccc(C(C)=O)cc1. The summed E-state index contributed by atoms with van der Waals surface area (Å²) in [5, 5.41) is 2.74. The third-order valence-electron chi connectivity index (χ3n) is 3.11. The highest BCUT2D eigenvalue weighted by Gasteiger charge is 2.15. The quantitative estimate of drug-likeness (QED) is 0.582. The van der Waals surface area contributed by atoms with Crippen molar-refractivity contribution in [2.24, 2.45) is 0 Å². The lowest BCUT2D eigenvalue weighted by Crippen LogP contribution is -2.40. The first-order valence-electron chi connectivity index (χ1n) is 7.10. The average molecular weight is 306 g/mol. The van der Waals surface area contributed by atoms with Gasteiger partial charge in [-0.15, -0.1) is 0 Å². The Kier molecular flexibility index (Phi) is 7.25. The fraction of sp³-hybridized carbons (Fsp3) is 0.438. The number of rotatable bonds is 8. The highest BCUT2D eigenvalue weighted by atomic mass is 16.5. The normalized spacial score (nSPS) is 10.1. The molecule has 0 aromatic heterocycles. The van der Waals surface area contributed by atoms with E-state index in [0.717, 1.165) is 6.42 Å². The van der Waals surface area contributed by atoms with Crippen LogP contribution >= 0.6 is 0 Å². The molecule has 0 aliphatic rings. The van der Waals surface area contributed by atoms with Gasteiger partial charge in [-0.3, -0.25) is 14.4 Å². The molecular formula is C16H22N2O4. The summed E-state index contributed by atoms with van der Waals surface area (Å²) in [5.74, 6) is -0.513. The standard InChI is InChI=1S/C16H22N2O4/c1-12(19)14-5-7-15(8-6-14)18(13(2)20)11-16(21)17-9-4-10-22-3/h5-8H,4,9-11H2,1-3H3,(H,17,21). The zero-order chi connectivity index (χ0) is 16.5. The summed E-state index contributed by atoms with van der Waals surface area (Å²) in [6, 6.07) is 6.61. The smallest absolute Gasteiger partial charge is 0.240 e. The maximum atomic E-state index is 11.9. The van der Waals surface area contributed by atoms with Crippen molar-refractivity contribution < 1.29 is 19.1 Å². The molecule has 6 heteroatoms. The van der Waals surface area contributed by atoms with Crippen molar-refractivity contribution in [2.45, 2.75) is 20.3 Å². The first kappa shape index (κ1) is 17.8. The van der Waals surface area contributed by atoms with E-state index in [0.29, 0.717) is 24.4 Å². The molecule has 1 rings (SSSR count). The van der Waals surface area contributed by atoms with E-state index in [1.54, 1.807) is 31.4 Å². The van der Waals surface area contributed by atoms with Gasteiger partial charge >= 0.3 is 0 Å². The maximum absolute atomic E-state index is 11.9. The molecule has 0 aliphatic carbocycles. The number of Topliss-reactive ketones (excluding diaryl/α,β-unsaturated/α-hetero) is 1. The topological polar surface area (TPSA) is 75.7 Å². The van der Waals surface area contributed by atoms with E-state index < -0.39 is 0 Å². The van der Waals surface area contributed by atoms with Crippen LogP contribution in [0.1, 0.15) is 30.6 Å². The zero-order valence-corrected chi connectivity index (χ0v) is 13.2. The predicted molar refractivity (Wildman–Crippen MR) is 84.0 cm³/mol. The third kappa shape index (κ3) is 5.65. The Hall–Kier alpha value is -2.21. The van der Waals surface area contributed by atoms with Gasteiger partial charge < -0.3 is 15.0 Å². The molecule has 22 heavy (non-hydrogen) atoms. The maximum Gasteiger partial charge on any atom is 0.240 e. The van der Waals surface area contributed by atoms with Gasteiger partial charge in [-0.1, -0.05) is 0 Å². The molecule has 120 valence electrons. The summed E-state index contributed by atoms with van der Waals surface area (Å²) in [4.78, 5) is 36.2. The van der Waals surface area contributed by atoms with Crippen LogP contribution in [0.15, 0.2) is 24.3 Å². The monoisotopic (exact) mass is 306 g/mol. The molecule has 1 N–H and O–H groups in total. The van der Waals surface area contributed by atoms with E-state index in [1.165, 1.54) is 18.7 Å². The van der Waals surface area contributed by atoms with Crippen LogP contribution in [0.2, 0.25) is 0 Å². The van der Waals surface area contributed by atoms with Crippen LogP contribution in [-0.4, -0.2) is 44.4 Å². The van der Waals surface area contributed by atoms with Gasteiger partial charge in [0.05, 0.1) is 0 Å². The number of amides is 2. The second-order valence-corrected chi connectivity index (χ2v) is 4.90. The van der Waals surface area contributed by atoms with Crippen LogP contribution in [0.4, 0.5) is 5.69 Å². The number of ketones is 1. The minimum atomic E-state index is -0.234. The summed E-state index contributed by atoms with van der Waals surface area (Å²) < 4.78 is 4.90. The second-order valence-electron chi connectivity index (χ2n) is 4.90. The number of hydrogen-bond donors (Lipinski definition) is 1. The van der Waals surface area contributed by atoms with Gasteiger partial charge in [-0.2, -0.15) is 0 Å². The van der Waals surface area contributed by atoms with Crippen molar-refractivity contribution in [1.29, 1.82) is 0 Å². The van der Waals surface area contributed by atoms with Gasteiger partial charge in [0.1, 0.15) is 6.54 Å². The third-order valence-corrected chi connectivity index (χ3v) is 3.11. The summed E-state index contributed by atoms with van der Waals surface area (Å²) in [7, 11) is 1.60. The lowest BCUT2D eigenvalue weighted by Gasteiger charge is -2.21. The van der Waals surface area contributed by atoms with E-state index in [2.05, 4.69) is 5.32 Å². The van der Waals surface area contributed by atoms with Gasteiger partial charge in [0.15, 0.2) is 5.78 Å². The van der Waals surface area contributed by atoms with Crippen LogP contribution in [0.25, 0.3) is 0 Å². The van der Waals surface area contributed by atoms with Crippen LogP contribution in [-0.2, 0) is 14.3 Å². The number of nitrogens with zero attached hydrogens (tertiary/aromatic N) is 1. The lowest BCUT2D eigenvalue weighted by atomic mass is 10.1. The Morgan fingerprint density at radius 1 is 1.14 bits per heavy atom. The first-order chi connectivity index (χ1) is 10.5. The van der Waals surface area contributed by atoms with Gasteiger partial charge in [0.25, 0.3) is 0 Å². The highest BCUT2D eigenvalue weighted by Crippen LogP contribution is 2.15. The van der Waals surface area contributed by atoms with Gasteiger partial charge in [0.2, 0.25) is 11.8 Å². The Morgan fingerprint density at radius 3 is 2.27 bits per heavy atom. The summed E-state index contributed by atoms with van der Waals surface area (Å²) in [6.45, 7) is 3.90. The molecule has 0 saturated carbocycles. The molecule has 2 amide bonds. The number of hydrogen-bond acceptors (Lipinski definition) is 4. The fourth-order valence-electron chi connectivity index (χ4n) is 1.90. The number of nitrogens with one attached hydrogen (secondary N) is 1. The lowest BCUT2D eigenvalue weighted by molar-refractivity contribution is -0.123. The molecular weight excluding hydrogens is 284 g/mol. The number of anilines is 1. The molecule has 0 saturated heterocycles. The van der Waals surface area contributed by atoms with Crippen molar-refractivity contribution in [3.63, 3.8) is 0 Å². The molecule has 0 aliphatic heterocycles. The van der Waals surface area contributed by atoms with Crippen LogP contribution < -0.4 is 10.2 Å². The van der Waals surface area contributed by atoms with Crippen LogP contribution in [0.3, 0.4) is 0 Å². The highest BCUT2D eigenvalue weighted by molar-refractivity contribution is 5.98. The molecule has 0 radical (unpaired) electrons. The number of ether oxygens (including phenoxy) is 1. The van der Waals surface area contributed by atoms with E-state index in [9.17, 15) is 14.4 Å². The van der Waals surface area contributed by atoms with Gasteiger partial charge in [-0.25, -0.2) is 0 Å². The van der Waals surface area contributed by atoms with Crippen molar-refractivity contribution in [3.05, 3.63) is 29.8 Å². The number of carbonyl (C=O) groups is 3. The Bertz CT molecular complexity index is 525. The Balaban J connectivity index is 2.67. The summed E-state index contributed by atoms with van der Waals surface area (Å²) in [6.07, 6.45) is 0.718. The predicted octanol–water partition coefficient (Wildman–Crippen LogP) is 1.39. The first-order valence-corrected chi connectivity index (χ1v) is 7.10. The van der Waals surface area contributed by atoms with E-state index in [-0.39, 0.29) is 24.1 Å². The van der Waals surface area contributed by atoms with Gasteiger partial charge in [-0.05, 0) is 37.6 Å². The van der Waals surface area contributed by atoms with E-state index in [1.807, 2.05) is 0 Å². The number of carbonyl (C=O) groups excluding carboxylic acids is 3. The van der Waals surface area contributed by atoms with Crippen molar-refractivity contribution in [2.75, 3.05) is 31.7 Å². The molecule has 1 aromatic rings. The fourth-order valence-corrected chi connectivity index (χ4v) is 1.90. The van der Waals surface area contributed by atoms with E-state index in [4.69, 9.17) is 4.74 Å². The van der Waals surface area contributed by atoms with Crippen molar-refractivity contribution in [1.82, 2.24) is 5.32 Å². The number of methoxy groups -OCH3 is 1. The second kappa shape index (κ2) is 8.94. The molecule has 0 fully saturated rings. The summed E-state index contributed by atoms with van der Waals surface area (Å²) >= 11 is 0.